The van der Waals surface area contributed by atoms with Crippen molar-refractivity contribution in [3.63, 3.8) is 0 Å². The molecule has 1 aromatic rings. The van der Waals surface area contributed by atoms with Gasteiger partial charge in [-0.25, -0.2) is 0 Å². The fraction of sp³-hybridized carbons (Fsp3) is 0.556. The summed E-state index contributed by atoms with van der Waals surface area (Å²) in [5, 5.41) is 12.4. The first-order valence-corrected chi connectivity index (χ1v) is 7.93. The first-order chi connectivity index (χ1) is 10.4. The molecule has 0 aromatic heterocycles. The zero-order chi connectivity index (χ0) is 16.8. The lowest BCUT2D eigenvalue weighted by atomic mass is 9.82. The molecule has 22 heavy (non-hydrogen) atoms. The van der Waals surface area contributed by atoms with Crippen LogP contribution in [0, 0.1) is 11.8 Å². The minimum absolute atomic E-state index is 0.0721. The summed E-state index contributed by atoms with van der Waals surface area (Å²) in [5.41, 5.74) is -0.428. The molecule has 0 aliphatic rings. The van der Waals surface area contributed by atoms with E-state index in [1.807, 2.05) is 25.1 Å². The lowest BCUT2D eigenvalue weighted by Gasteiger charge is -2.27. The molecule has 122 valence electrons. The number of amides is 1. The second-order valence-corrected chi connectivity index (χ2v) is 6.09. The Bertz CT molecular complexity index is 496. The molecule has 0 spiro atoms. The molecule has 0 aliphatic carbocycles. The third-order valence-corrected chi connectivity index (χ3v) is 4.67. The second kappa shape index (κ2) is 7.97. The number of carboxylic acid groups (broad SMARTS) is 1. The fourth-order valence-corrected chi connectivity index (χ4v) is 2.74. The van der Waals surface area contributed by atoms with Crippen LogP contribution in [0.15, 0.2) is 30.3 Å². The van der Waals surface area contributed by atoms with E-state index in [1.165, 1.54) is 0 Å². The first kappa shape index (κ1) is 18.2. The quantitative estimate of drug-likeness (QED) is 0.775. The molecule has 1 rings (SSSR count). The zero-order valence-corrected chi connectivity index (χ0v) is 13.9. The second-order valence-electron chi connectivity index (χ2n) is 6.09. The van der Waals surface area contributed by atoms with Gasteiger partial charge in [0.25, 0.3) is 0 Å². The Balaban J connectivity index is 2.82. The van der Waals surface area contributed by atoms with Gasteiger partial charge in [-0.15, -0.1) is 0 Å². The van der Waals surface area contributed by atoms with Crippen molar-refractivity contribution in [1.29, 1.82) is 0 Å². The van der Waals surface area contributed by atoms with Crippen molar-refractivity contribution in [2.75, 3.05) is 6.54 Å². The van der Waals surface area contributed by atoms with Crippen molar-refractivity contribution >= 4 is 11.9 Å². The van der Waals surface area contributed by atoms with Gasteiger partial charge in [-0.3, -0.25) is 9.59 Å². The highest BCUT2D eigenvalue weighted by Gasteiger charge is 2.36. The molecule has 0 aliphatic heterocycles. The number of hydrogen-bond acceptors (Lipinski definition) is 2. The van der Waals surface area contributed by atoms with Gasteiger partial charge in [-0.1, -0.05) is 63.9 Å². The monoisotopic (exact) mass is 305 g/mol. The zero-order valence-electron chi connectivity index (χ0n) is 13.9. The number of hydrogen-bond donors (Lipinski definition) is 2. The van der Waals surface area contributed by atoms with Gasteiger partial charge in [0, 0.05) is 12.5 Å². The minimum atomic E-state index is -1.12. The summed E-state index contributed by atoms with van der Waals surface area (Å²) < 4.78 is 0. The van der Waals surface area contributed by atoms with Crippen molar-refractivity contribution in [2.45, 2.75) is 46.0 Å². The van der Waals surface area contributed by atoms with Crippen molar-refractivity contribution in [3.05, 3.63) is 35.9 Å². The molecule has 1 amide bonds. The van der Waals surface area contributed by atoms with E-state index in [-0.39, 0.29) is 18.4 Å². The smallest absolute Gasteiger partial charge is 0.315 e. The average Bonchev–Trinajstić information content (AvgIpc) is 2.53. The molecular weight excluding hydrogens is 278 g/mol. The topological polar surface area (TPSA) is 66.4 Å². The van der Waals surface area contributed by atoms with Crippen LogP contribution >= 0.6 is 0 Å². The van der Waals surface area contributed by atoms with Gasteiger partial charge in [0.2, 0.25) is 5.91 Å². The van der Waals surface area contributed by atoms with Crippen LogP contribution in [0.1, 0.15) is 46.1 Å². The van der Waals surface area contributed by atoms with Crippen LogP contribution in [0.3, 0.4) is 0 Å². The standard InChI is InChI=1S/C18H27NO3/c1-5-14(6-2)13(3)16(20)19-12-18(4,17(21)22)15-10-8-7-9-11-15/h7-11,13-14H,5-6,12H2,1-4H3,(H,19,20)(H,21,22). The maximum absolute atomic E-state index is 12.3. The molecule has 1 aromatic carbocycles. The van der Waals surface area contributed by atoms with Crippen molar-refractivity contribution < 1.29 is 14.7 Å². The van der Waals surface area contributed by atoms with Crippen molar-refractivity contribution in [1.82, 2.24) is 5.32 Å². The third kappa shape index (κ3) is 4.09. The highest BCUT2D eigenvalue weighted by Crippen LogP contribution is 2.24. The van der Waals surface area contributed by atoms with Gasteiger partial charge < -0.3 is 10.4 Å². The maximum Gasteiger partial charge on any atom is 0.315 e. The summed E-state index contributed by atoms with van der Waals surface area (Å²) in [6.45, 7) is 7.79. The Morgan fingerprint density at radius 3 is 2.18 bits per heavy atom. The number of benzene rings is 1. The van der Waals surface area contributed by atoms with Crippen LogP contribution in [0.2, 0.25) is 0 Å². The van der Waals surface area contributed by atoms with E-state index >= 15 is 0 Å². The molecule has 0 fully saturated rings. The first-order valence-electron chi connectivity index (χ1n) is 7.93. The number of carbonyl (C=O) groups is 2. The maximum atomic E-state index is 12.3. The number of nitrogens with one attached hydrogen (secondary N) is 1. The summed E-state index contributed by atoms with van der Waals surface area (Å²) in [6.07, 6.45) is 1.89. The van der Waals surface area contributed by atoms with Crippen LogP contribution in [-0.4, -0.2) is 23.5 Å². The summed E-state index contributed by atoms with van der Waals surface area (Å²) >= 11 is 0. The van der Waals surface area contributed by atoms with Crippen LogP contribution in [-0.2, 0) is 15.0 Å². The molecule has 4 nitrogen and oxygen atoms in total. The molecule has 2 unspecified atom stereocenters. The Hall–Kier alpha value is -1.84. The van der Waals surface area contributed by atoms with E-state index in [4.69, 9.17) is 0 Å². The number of aliphatic carboxylic acids is 1. The Morgan fingerprint density at radius 1 is 1.18 bits per heavy atom. The van der Waals surface area contributed by atoms with Gasteiger partial charge in [0.05, 0.1) is 0 Å². The predicted molar refractivity (Wildman–Crippen MR) is 87.7 cm³/mol. The molecule has 2 atom stereocenters. The third-order valence-electron chi connectivity index (χ3n) is 4.67. The minimum Gasteiger partial charge on any atom is -0.481 e. The van der Waals surface area contributed by atoms with Gasteiger partial charge in [0.15, 0.2) is 0 Å². The van der Waals surface area contributed by atoms with E-state index < -0.39 is 11.4 Å². The Labute approximate surface area is 132 Å². The molecule has 0 saturated carbocycles. The molecule has 0 radical (unpaired) electrons. The van der Waals surface area contributed by atoms with E-state index in [0.29, 0.717) is 11.5 Å². The normalized spacial score (nSPS) is 15.1. The highest BCUT2D eigenvalue weighted by molar-refractivity contribution is 5.84. The summed E-state index contributed by atoms with van der Waals surface area (Å²) in [4.78, 5) is 24.0. The molecule has 0 bridgehead atoms. The van der Waals surface area contributed by atoms with Crippen molar-refractivity contribution in [2.24, 2.45) is 11.8 Å². The van der Waals surface area contributed by atoms with Gasteiger partial charge in [0.1, 0.15) is 5.41 Å². The van der Waals surface area contributed by atoms with Gasteiger partial charge >= 0.3 is 5.97 Å². The fourth-order valence-electron chi connectivity index (χ4n) is 2.74. The van der Waals surface area contributed by atoms with E-state index in [9.17, 15) is 14.7 Å². The lowest BCUT2D eigenvalue weighted by Crippen LogP contribution is -2.46. The van der Waals surface area contributed by atoms with Crippen LogP contribution < -0.4 is 5.32 Å². The Morgan fingerprint density at radius 2 is 1.73 bits per heavy atom. The number of carbonyl (C=O) groups excluding carboxylic acids is 1. The molecule has 0 heterocycles. The van der Waals surface area contributed by atoms with E-state index in [1.54, 1.807) is 19.1 Å². The summed E-state index contributed by atoms with van der Waals surface area (Å²) in [6, 6.07) is 9.03. The lowest BCUT2D eigenvalue weighted by molar-refractivity contribution is -0.143. The SMILES string of the molecule is CCC(CC)C(C)C(=O)NCC(C)(C(=O)O)c1ccccc1. The van der Waals surface area contributed by atoms with E-state index in [2.05, 4.69) is 19.2 Å². The summed E-state index contributed by atoms with van der Waals surface area (Å²) in [7, 11) is 0. The largest absolute Gasteiger partial charge is 0.481 e. The summed E-state index contributed by atoms with van der Waals surface area (Å²) in [5.74, 6) is -0.789. The Kier molecular flexibility index (Phi) is 6.60. The number of carboxylic acids is 1. The average molecular weight is 305 g/mol. The van der Waals surface area contributed by atoms with E-state index in [0.717, 1.165) is 12.8 Å². The number of rotatable bonds is 8. The predicted octanol–water partition coefficient (Wildman–Crippen LogP) is 3.22. The van der Waals surface area contributed by atoms with Crippen LogP contribution in [0.5, 0.6) is 0 Å². The van der Waals surface area contributed by atoms with Gasteiger partial charge in [-0.2, -0.15) is 0 Å². The molecule has 4 heteroatoms. The van der Waals surface area contributed by atoms with Crippen molar-refractivity contribution in [3.8, 4) is 0 Å². The molecule has 0 saturated heterocycles. The molecular formula is C18H27NO3. The van der Waals surface area contributed by atoms with Gasteiger partial charge in [-0.05, 0) is 18.4 Å². The van der Waals surface area contributed by atoms with Crippen LogP contribution in [0.25, 0.3) is 0 Å². The molecule has 2 N–H and O–H groups in total. The highest BCUT2D eigenvalue weighted by atomic mass is 16.4. The van der Waals surface area contributed by atoms with Crippen LogP contribution in [0.4, 0.5) is 0 Å².